The minimum absolute atomic E-state index is 0.436. The average molecular weight is 367 g/mol. The maximum Gasteiger partial charge on any atom is 0.426 e. The van der Waals surface area contributed by atoms with Gasteiger partial charge in [-0.25, -0.2) is 0 Å². The summed E-state index contributed by atoms with van der Waals surface area (Å²) in [5.41, 5.74) is -0.628. The number of hydrogen-bond donors (Lipinski definition) is 0. The maximum atomic E-state index is 12.6. The van der Waals surface area contributed by atoms with Crippen molar-refractivity contribution in [1.29, 1.82) is 0 Å². The zero-order valence-electron chi connectivity index (χ0n) is 14.2. The molecule has 0 saturated heterocycles. The lowest BCUT2D eigenvalue weighted by atomic mass is 10.1. The van der Waals surface area contributed by atoms with E-state index in [0.717, 1.165) is 24.7 Å². The molecule has 1 saturated carbocycles. The lowest BCUT2D eigenvalue weighted by Crippen LogP contribution is -2.32. The molecule has 0 spiro atoms. The summed E-state index contributed by atoms with van der Waals surface area (Å²) in [6.45, 7) is 7.12. The van der Waals surface area contributed by atoms with Crippen LogP contribution < -0.4 is 0 Å². The molecule has 1 unspecified atom stereocenters. The third-order valence-corrected chi connectivity index (χ3v) is 4.96. The SMILES string of the molecule is CCCC1=CCC(C)(OC(=O)[C@H]2[C@@H](/C=C(\Cl)C(F)(F)F)C2(C)C)O1. The summed E-state index contributed by atoms with van der Waals surface area (Å²) in [5, 5.41) is -1.20. The second-order valence-electron chi connectivity index (χ2n) is 7.12. The number of allylic oxidation sites excluding steroid dienone is 3. The molecule has 2 rings (SSSR count). The van der Waals surface area contributed by atoms with Crippen LogP contribution in [0, 0.1) is 17.3 Å². The first-order valence-corrected chi connectivity index (χ1v) is 8.34. The molecule has 0 bridgehead atoms. The van der Waals surface area contributed by atoms with E-state index in [9.17, 15) is 18.0 Å². The molecule has 0 aromatic heterocycles. The predicted octanol–water partition coefficient (Wildman–Crippen LogP) is 5.31. The predicted molar refractivity (Wildman–Crippen MR) is 83.9 cm³/mol. The molecule has 1 aliphatic heterocycles. The third-order valence-electron chi connectivity index (χ3n) is 4.62. The van der Waals surface area contributed by atoms with Crippen LogP contribution in [-0.2, 0) is 14.3 Å². The Morgan fingerprint density at radius 3 is 2.62 bits per heavy atom. The van der Waals surface area contributed by atoms with Gasteiger partial charge in [0, 0.05) is 19.8 Å². The third kappa shape index (κ3) is 3.90. The summed E-state index contributed by atoms with van der Waals surface area (Å²) >= 11 is 5.29. The first-order chi connectivity index (χ1) is 10.9. The second kappa shape index (κ2) is 6.28. The van der Waals surface area contributed by atoms with Gasteiger partial charge in [0.1, 0.15) is 5.03 Å². The highest BCUT2D eigenvalue weighted by molar-refractivity contribution is 6.30. The quantitative estimate of drug-likeness (QED) is 0.619. The summed E-state index contributed by atoms with van der Waals surface area (Å²) < 4.78 is 48.9. The van der Waals surface area contributed by atoms with Crippen molar-refractivity contribution < 1.29 is 27.4 Å². The van der Waals surface area contributed by atoms with Gasteiger partial charge in [-0.2, -0.15) is 13.2 Å². The smallest absolute Gasteiger partial charge is 0.426 e. The molecule has 24 heavy (non-hydrogen) atoms. The molecule has 1 aliphatic carbocycles. The van der Waals surface area contributed by atoms with Crippen LogP contribution >= 0.6 is 11.6 Å². The Labute approximate surface area is 144 Å². The molecule has 1 fully saturated rings. The first-order valence-electron chi connectivity index (χ1n) is 7.96. The molecular weight excluding hydrogens is 345 g/mol. The molecule has 1 heterocycles. The summed E-state index contributed by atoms with van der Waals surface area (Å²) in [7, 11) is 0. The van der Waals surface area contributed by atoms with E-state index in [2.05, 4.69) is 0 Å². The Bertz CT molecular complexity index is 580. The van der Waals surface area contributed by atoms with Crippen LogP contribution in [-0.4, -0.2) is 17.9 Å². The van der Waals surface area contributed by atoms with E-state index in [4.69, 9.17) is 21.1 Å². The Hall–Kier alpha value is -1.17. The zero-order valence-corrected chi connectivity index (χ0v) is 14.9. The van der Waals surface area contributed by atoms with Gasteiger partial charge in [-0.15, -0.1) is 0 Å². The van der Waals surface area contributed by atoms with E-state index >= 15 is 0 Å². The van der Waals surface area contributed by atoms with Gasteiger partial charge in [0.15, 0.2) is 0 Å². The Kier molecular flexibility index (Phi) is 5.01. The van der Waals surface area contributed by atoms with Gasteiger partial charge >= 0.3 is 12.1 Å². The van der Waals surface area contributed by atoms with Crippen molar-refractivity contribution in [2.45, 2.75) is 58.9 Å². The topological polar surface area (TPSA) is 35.5 Å². The molecule has 2 aliphatic rings. The van der Waals surface area contributed by atoms with Crippen molar-refractivity contribution in [2.75, 3.05) is 0 Å². The van der Waals surface area contributed by atoms with Gasteiger partial charge in [-0.1, -0.05) is 38.4 Å². The van der Waals surface area contributed by atoms with E-state index in [1.807, 2.05) is 13.0 Å². The van der Waals surface area contributed by atoms with Crippen LogP contribution in [0.5, 0.6) is 0 Å². The standard InChI is InChI=1S/C17H22ClF3O3/c1-5-6-10-7-8-16(4,23-10)24-14(22)13-11(15(13,2)3)9-12(18)17(19,20)21/h7,9,11,13H,5-6,8H2,1-4H3/b12-9-/t11-,13-,16?/m1/s1. The largest absolute Gasteiger partial charge is 0.457 e. The van der Waals surface area contributed by atoms with Crippen LogP contribution in [0.15, 0.2) is 22.9 Å². The number of hydrogen-bond acceptors (Lipinski definition) is 3. The molecule has 0 N–H and O–H groups in total. The van der Waals surface area contributed by atoms with Crippen LogP contribution in [0.4, 0.5) is 13.2 Å². The van der Waals surface area contributed by atoms with Crippen LogP contribution in [0.3, 0.4) is 0 Å². The van der Waals surface area contributed by atoms with Gasteiger partial charge in [0.2, 0.25) is 0 Å². The molecule has 0 radical (unpaired) electrons. The normalized spacial score (nSPS) is 32.2. The minimum atomic E-state index is -4.60. The molecule has 3 atom stereocenters. The fourth-order valence-corrected chi connectivity index (χ4v) is 3.22. The zero-order chi connectivity index (χ0) is 18.3. The van der Waals surface area contributed by atoms with Gasteiger partial charge in [0.05, 0.1) is 11.7 Å². The van der Waals surface area contributed by atoms with E-state index in [1.165, 1.54) is 0 Å². The van der Waals surface area contributed by atoms with E-state index in [-0.39, 0.29) is 0 Å². The Balaban J connectivity index is 2.01. The fraction of sp³-hybridized carbons (Fsp3) is 0.706. The molecule has 7 heteroatoms. The van der Waals surface area contributed by atoms with Crippen molar-refractivity contribution in [3.8, 4) is 0 Å². The van der Waals surface area contributed by atoms with E-state index in [1.54, 1.807) is 20.8 Å². The number of ether oxygens (including phenoxy) is 2. The minimum Gasteiger partial charge on any atom is -0.457 e. The number of alkyl halides is 3. The summed E-state index contributed by atoms with van der Waals surface area (Å²) in [4.78, 5) is 12.4. The molecule has 0 aromatic rings. The average Bonchev–Trinajstić information content (AvgIpc) is 2.76. The number of carbonyl (C=O) groups is 1. The van der Waals surface area contributed by atoms with Crippen molar-refractivity contribution >= 4 is 17.6 Å². The fourth-order valence-electron chi connectivity index (χ4n) is 3.09. The molecule has 0 amide bonds. The molecule has 0 aromatic carbocycles. The van der Waals surface area contributed by atoms with Crippen molar-refractivity contribution in [3.05, 3.63) is 22.9 Å². The Morgan fingerprint density at radius 1 is 1.46 bits per heavy atom. The highest BCUT2D eigenvalue weighted by Crippen LogP contribution is 2.61. The highest BCUT2D eigenvalue weighted by atomic mass is 35.5. The van der Waals surface area contributed by atoms with Gasteiger partial charge in [-0.3, -0.25) is 4.79 Å². The first kappa shape index (κ1) is 19.2. The molecule has 136 valence electrons. The Morgan fingerprint density at radius 2 is 2.08 bits per heavy atom. The van der Waals surface area contributed by atoms with Crippen LogP contribution in [0.1, 0.15) is 47.0 Å². The molecule has 3 nitrogen and oxygen atoms in total. The number of esters is 1. The summed E-state index contributed by atoms with van der Waals surface area (Å²) in [6.07, 6.45) is 0.293. The lowest BCUT2D eigenvalue weighted by Gasteiger charge is -2.25. The maximum absolute atomic E-state index is 12.6. The second-order valence-corrected chi connectivity index (χ2v) is 7.53. The van der Waals surface area contributed by atoms with E-state index < -0.39 is 40.2 Å². The van der Waals surface area contributed by atoms with E-state index in [0.29, 0.717) is 6.42 Å². The van der Waals surface area contributed by atoms with Gasteiger partial charge in [-0.05, 0) is 23.8 Å². The van der Waals surface area contributed by atoms with Gasteiger partial charge in [0.25, 0.3) is 5.79 Å². The van der Waals surface area contributed by atoms with Crippen molar-refractivity contribution in [3.63, 3.8) is 0 Å². The summed E-state index contributed by atoms with van der Waals surface area (Å²) in [5.74, 6) is -2.13. The van der Waals surface area contributed by atoms with Crippen LogP contribution in [0.2, 0.25) is 0 Å². The van der Waals surface area contributed by atoms with Crippen LogP contribution in [0.25, 0.3) is 0 Å². The monoisotopic (exact) mass is 366 g/mol. The number of halogens is 4. The highest BCUT2D eigenvalue weighted by Gasteiger charge is 2.63. The van der Waals surface area contributed by atoms with Crippen molar-refractivity contribution in [2.24, 2.45) is 17.3 Å². The van der Waals surface area contributed by atoms with Gasteiger partial charge < -0.3 is 9.47 Å². The summed E-state index contributed by atoms with van der Waals surface area (Å²) in [6, 6.07) is 0. The number of rotatable bonds is 5. The van der Waals surface area contributed by atoms with Crippen molar-refractivity contribution in [1.82, 2.24) is 0 Å². The molecular formula is C17H22ClF3O3. The number of carbonyl (C=O) groups excluding carboxylic acids is 1. The lowest BCUT2D eigenvalue weighted by molar-refractivity contribution is -0.204.